The van der Waals surface area contributed by atoms with Crippen LogP contribution in [0.25, 0.3) is 0 Å². The molecule has 5 heteroatoms. The summed E-state index contributed by atoms with van der Waals surface area (Å²) >= 11 is 8.46. The third-order valence-corrected chi connectivity index (χ3v) is 40.2. The maximum atomic E-state index is 4.20. The molecule has 0 bridgehead atoms. The van der Waals surface area contributed by atoms with E-state index in [0.717, 1.165) is 0 Å². The van der Waals surface area contributed by atoms with E-state index < -0.39 is 30.1 Å². The van der Waals surface area contributed by atoms with Crippen LogP contribution in [0.2, 0.25) is 22.2 Å². The minimum atomic E-state index is -1.81. The first-order valence-electron chi connectivity index (χ1n) is 10.9. The van der Waals surface area contributed by atoms with Gasteiger partial charge < -0.3 is 0 Å². The van der Waals surface area contributed by atoms with Gasteiger partial charge in [-0.2, -0.15) is 0 Å². The predicted octanol–water partition coefficient (Wildman–Crippen LogP) is 10.5. The molecule has 0 N–H and O–H groups in total. The average Bonchev–Trinajstić information content (AvgIpc) is 2.60. The van der Waals surface area contributed by atoms with Gasteiger partial charge in [0.05, 0.1) is 0 Å². The van der Waals surface area contributed by atoms with Crippen molar-refractivity contribution in [3.05, 3.63) is 0 Å². The molecule has 0 saturated carbocycles. The van der Waals surface area contributed by atoms with Gasteiger partial charge in [0.15, 0.2) is 0 Å². The van der Waals surface area contributed by atoms with E-state index >= 15 is 0 Å². The maximum absolute atomic E-state index is 4.20. The first-order valence-corrected chi connectivity index (χ1v) is 40.2. The van der Waals surface area contributed by atoms with E-state index in [1.807, 2.05) is 0 Å². The van der Waals surface area contributed by atoms with Crippen LogP contribution >= 0.6 is 38.1 Å². The van der Waals surface area contributed by atoms with E-state index in [1.165, 1.54) is 73.1 Å². The molecular formula is C20H45Br3Sn2. The number of hydrogen-bond acceptors (Lipinski definition) is 0. The number of hydrogen-bond donors (Lipinski definition) is 0. The Bertz CT molecular complexity index is 242. The molecule has 0 atom stereocenters. The molecule has 0 unspecified atom stereocenters. The van der Waals surface area contributed by atoms with Crippen molar-refractivity contribution in [1.82, 2.24) is 0 Å². The molecular weight excluding hydrogens is 717 g/mol. The predicted molar refractivity (Wildman–Crippen MR) is 137 cm³/mol. The summed E-state index contributed by atoms with van der Waals surface area (Å²) in [5.41, 5.74) is 0. The zero-order valence-electron chi connectivity index (χ0n) is 17.7. The summed E-state index contributed by atoms with van der Waals surface area (Å²) in [4.78, 5) is 0. The van der Waals surface area contributed by atoms with Crippen molar-refractivity contribution in [2.45, 2.75) is 121 Å². The van der Waals surface area contributed by atoms with Crippen LogP contribution in [0.1, 0.15) is 98.8 Å². The van der Waals surface area contributed by atoms with Crippen molar-refractivity contribution in [3.8, 4) is 0 Å². The van der Waals surface area contributed by atoms with Gasteiger partial charge in [-0.05, 0) is 0 Å². The first-order chi connectivity index (χ1) is 11.8. The van der Waals surface area contributed by atoms with Gasteiger partial charge in [0, 0.05) is 0 Å². The van der Waals surface area contributed by atoms with Crippen LogP contribution in [0.3, 0.4) is 0 Å². The molecule has 0 aromatic rings. The minimum absolute atomic E-state index is 1.34. The molecule has 0 spiro atoms. The molecule has 0 aromatic carbocycles. The molecule has 0 saturated heterocycles. The monoisotopic (exact) mass is 762 g/mol. The Kier molecular flexibility index (Phi) is 24.6. The second-order valence-electron chi connectivity index (χ2n) is 7.52. The first kappa shape index (κ1) is 30.2. The Morgan fingerprint density at radius 2 is 0.680 bits per heavy atom. The fourth-order valence-electron chi connectivity index (χ4n) is 2.85. The van der Waals surface area contributed by atoms with E-state index in [2.05, 4.69) is 72.7 Å². The van der Waals surface area contributed by atoms with Crippen LogP contribution in [0.15, 0.2) is 0 Å². The van der Waals surface area contributed by atoms with Crippen molar-refractivity contribution in [2.24, 2.45) is 0 Å². The fourth-order valence-corrected chi connectivity index (χ4v) is 32.3. The fraction of sp³-hybridized carbons (Fsp3) is 1.00. The van der Waals surface area contributed by atoms with E-state index in [-0.39, 0.29) is 0 Å². The third kappa shape index (κ3) is 21.6. The standard InChI is InChI=1S/5C4H9.3BrH.2Sn/c5*1-3-4-2;;;;;/h5*1,3-4H2,2H3;3*1H;;/q;;;;;;;;+1;+2/p-3. The number of unbranched alkanes of at least 4 members (excludes halogenated alkanes) is 5. The second kappa shape index (κ2) is 20.3. The van der Waals surface area contributed by atoms with Crippen LogP contribution in [0.5, 0.6) is 0 Å². The normalized spacial score (nSPS) is 12.0. The Morgan fingerprint density at radius 3 is 0.920 bits per heavy atom. The SMILES string of the molecule is CCC[CH2][Sn]([Br])([Br])[CH2]CCC.CCC[CH2][Sn]([Br])([CH2]CCC)[CH2]CCC. The summed E-state index contributed by atoms with van der Waals surface area (Å²) in [5.74, 6) is 0. The van der Waals surface area contributed by atoms with Gasteiger partial charge in [-0.25, -0.2) is 0 Å². The van der Waals surface area contributed by atoms with Gasteiger partial charge in [-0.3, -0.25) is 0 Å². The Hall–Kier alpha value is 3.04. The Balaban J connectivity index is 0. The molecule has 0 fully saturated rings. The molecule has 0 aliphatic heterocycles. The molecule has 154 valence electrons. The quantitative estimate of drug-likeness (QED) is 0.146. The average molecular weight is 763 g/mol. The van der Waals surface area contributed by atoms with Gasteiger partial charge in [-0.1, -0.05) is 0 Å². The van der Waals surface area contributed by atoms with Crippen LogP contribution in [0.4, 0.5) is 0 Å². The topological polar surface area (TPSA) is 0 Å². The summed E-state index contributed by atoms with van der Waals surface area (Å²) in [6, 6.07) is 0. The summed E-state index contributed by atoms with van der Waals surface area (Å²) in [5, 5.41) is 0. The summed E-state index contributed by atoms with van der Waals surface area (Å²) in [7, 11) is 0. The van der Waals surface area contributed by atoms with Crippen molar-refractivity contribution in [2.75, 3.05) is 0 Å². The van der Waals surface area contributed by atoms with Gasteiger partial charge in [0.25, 0.3) is 0 Å². The summed E-state index contributed by atoms with van der Waals surface area (Å²) in [6.45, 7) is 11.5. The van der Waals surface area contributed by atoms with Gasteiger partial charge >= 0.3 is 189 Å². The van der Waals surface area contributed by atoms with Crippen molar-refractivity contribution in [1.29, 1.82) is 0 Å². The molecule has 0 heterocycles. The Labute approximate surface area is 186 Å². The molecule has 0 aliphatic carbocycles. The van der Waals surface area contributed by atoms with Crippen LogP contribution in [-0.2, 0) is 0 Å². The molecule has 0 amide bonds. The van der Waals surface area contributed by atoms with Crippen molar-refractivity contribution < 1.29 is 0 Å². The van der Waals surface area contributed by atoms with Crippen molar-refractivity contribution in [3.63, 3.8) is 0 Å². The van der Waals surface area contributed by atoms with E-state index in [4.69, 9.17) is 0 Å². The molecule has 25 heavy (non-hydrogen) atoms. The van der Waals surface area contributed by atoms with Crippen LogP contribution in [-0.4, -0.2) is 30.1 Å². The third-order valence-electron chi connectivity index (χ3n) is 4.73. The molecule has 0 aliphatic rings. The van der Waals surface area contributed by atoms with Crippen LogP contribution < -0.4 is 0 Å². The molecule has 0 nitrogen and oxygen atoms in total. The van der Waals surface area contributed by atoms with Crippen molar-refractivity contribution >= 4 is 68.2 Å². The Morgan fingerprint density at radius 1 is 0.440 bits per heavy atom. The molecule has 0 rings (SSSR count). The van der Waals surface area contributed by atoms with E-state index in [9.17, 15) is 0 Å². The second-order valence-corrected chi connectivity index (χ2v) is 64.9. The molecule has 0 aromatic heterocycles. The van der Waals surface area contributed by atoms with Crippen LogP contribution in [0, 0.1) is 0 Å². The van der Waals surface area contributed by atoms with Gasteiger partial charge in [0.1, 0.15) is 0 Å². The van der Waals surface area contributed by atoms with E-state index in [0.29, 0.717) is 0 Å². The zero-order valence-corrected chi connectivity index (χ0v) is 28.2. The summed E-state index contributed by atoms with van der Waals surface area (Å²) in [6.07, 6.45) is 14.0. The van der Waals surface area contributed by atoms with Gasteiger partial charge in [0.2, 0.25) is 0 Å². The van der Waals surface area contributed by atoms with Gasteiger partial charge in [-0.15, -0.1) is 0 Å². The zero-order chi connectivity index (χ0) is 19.6. The number of halogens is 3. The van der Waals surface area contributed by atoms with E-state index in [1.54, 1.807) is 13.3 Å². The molecule has 0 radical (unpaired) electrons. The summed E-state index contributed by atoms with van der Waals surface area (Å²) < 4.78 is 7.62. The number of rotatable bonds is 15.